The minimum Gasteiger partial charge on any atom is -0.494 e. The van der Waals surface area contributed by atoms with Crippen LogP contribution >= 0.6 is 0 Å². The molecule has 0 spiro atoms. The number of hydrogen-bond acceptors (Lipinski definition) is 4. The van der Waals surface area contributed by atoms with Crippen LogP contribution in [0.15, 0.2) is 54.6 Å². The first-order chi connectivity index (χ1) is 11.7. The van der Waals surface area contributed by atoms with E-state index in [9.17, 15) is 9.18 Å². The van der Waals surface area contributed by atoms with Gasteiger partial charge in [0.05, 0.1) is 12.8 Å². The highest BCUT2D eigenvalue weighted by Gasteiger charge is 2.13. The van der Waals surface area contributed by atoms with Gasteiger partial charge in [0.2, 0.25) is 0 Å². The fourth-order valence-corrected chi connectivity index (χ4v) is 2.21. The van der Waals surface area contributed by atoms with Crippen LogP contribution in [-0.4, -0.2) is 23.3 Å². The van der Waals surface area contributed by atoms with E-state index in [-0.39, 0.29) is 18.1 Å². The smallest absolute Gasteiger partial charge is 0.356 e. The lowest BCUT2D eigenvalue weighted by Crippen LogP contribution is -2.06. The fraction of sp³-hybridized carbons (Fsp3) is 0.111. The number of esters is 1. The molecule has 0 bridgehead atoms. The Morgan fingerprint density at radius 3 is 2.67 bits per heavy atom. The highest BCUT2D eigenvalue weighted by molar-refractivity contribution is 5.88. The Morgan fingerprint density at radius 1 is 1.17 bits per heavy atom. The number of carbonyl (C=O) groups excluding carboxylic acids is 1. The summed E-state index contributed by atoms with van der Waals surface area (Å²) in [6.07, 6.45) is 0. The molecule has 0 aliphatic heterocycles. The molecule has 1 aromatic heterocycles. The van der Waals surface area contributed by atoms with Gasteiger partial charge in [-0.3, -0.25) is 5.10 Å². The molecular formula is C18H15FN2O3. The average molecular weight is 326 g/mol. The molecule has 0 aliphatic carbocycles. The Bertz CT molecular complexity index is 846. The monoisotopic (exact) mass is 326 g/mol. The van der Waals surface area contributed by atoms with Crippen LogP contribution in [0.1, 0.15) is 16.1 Å². The summed E-state index contributed by atoms with van der Waals surface area (Å²) in [6.45, 7) is -0.0422. The second-order valence-electron chi connectivity index (χ2n) is 5.08. The van der Waals surface area contributed by atoms with Gasteiger partial charge in [0.25, 0.3) is 0 Å². The maximum absolute atomic E-state index is 13.6. The van der Waals surface area contributed by atoms with E-state index in [0.717, 1.165) is 5.56 Å². The summed E-state index contributed by atoms with van der Waals surface area (Å²) < 4.78 is 23.6. The van der Waals surface area contributed by atoms with Crippen molar-refractivity contribution in [2.75, 3.05) is 7.11 Å². The van der Waals surface area contributed by atoms with Crippen LogP contribution < -0.4 is 4.74 Å². The van der Waals surface area contributed by atoms with Gasteiger partial charge in [0, 0.05) is 5.56 Å². The highest BCUT2D eigenvalue weighted by atomic mass is 19.1. The van der Waals surface area contributed by atoms with E-state index in [1.54, 1.807) is 12.1 Å². The Balaban J connectivity index is 1.65. The second kappa shape index (κ2) is 6.95. The first kappa shape index (κ1) is 15.7. The molecule has 0 aliphatic rings. The summed E-state index contributed by atoms with van der Waals surface area (Å²) in [5.41, 5.74) is 2.32. The number of aromatic amines is 1. The van der Waals surface area contributed by atoms with E-state index in [1.165, 1.54) is 19.2 Å². The summed E-state index contributed by atoms with van der Waals surface area (Å²) in [7, 11) is 1.39. The van der Waals surface area contributed by atoms with E-state index < -0.39 is 11.8 Å². The van der Waals surface area contributed by atoms with Gasteiger partial charge in [-0.15, -0.1) is 0 Å². The van der Waals surface area contributed by atoms with Gasteiger partial charge in [0.1, 0.15) is 12.3 Å². The second-order valence-corrected chi connectivity index (χ2v) is 5.08. The SMILES string of the molecule is COc1ccc(COC(=O)c2cc(-c3ccccc3)n[nH]2)cc1F. The highest BCUT2D eigenvalue weighted by Crippen LogP contribution is 2.19. The van der Waals surface area contributed by atoms with Crippen LogP contribution in [0.25, 0.3) is 11.3 Å². The Hall–Kier alpha value is -3.15. The minimum atomic E-state index is -0.555. The van der Waals surface area contributed by atoms with Crippen molar-refractivity contribution < 1.29 is 18.7 Å². The van der Waals surface area contributed by atoms with Crippen molar-refractivity contribution in [1.82, 2.24) is 10.2 Å². The van der Waals surface area contributed by atoms with Gasteiger partial charge >= 0.3 is 5.97 Å². The number of benzene rings is 2. The number of rotatable bonds is 5. The molecule has 3 rings (SSSR count). The predicted molar refractivity (Wildman–Crippen MR) is 86.1 cm³/mol. The molecule has 122 valence electrons. The first-order valence-electron chi connectivity index (χ1n) is 7.28. The number of carbonyl (C=O) groups is 1. The molecule has 3 aromatic rings. The maximum atomic E-state index is 13.6. The molecule has 0 saturated heterocycles. The topological polar surface area (TPSA) is 64.2 Å². The quantitative estimate of drug-likeness (QED) is 0.728. The molecule has 0 unspecified atom stereocenters. The summed E-state index contributed by atoms with van der Waals surface area (Å²) in [4.78, 5) is 12.1. The molecule has 2 aromatic carbocycles. The van der Waals surface area contributed by atoms with Gasteiger partial charge in [-0.05, 0) is 23.8 Å². The lowest BCUT2D eigenvalue weighted by Gasteiger charge is -2.06. The largest absolute Gasteiger partial charge is 0.494 e. The lowest BCUT2D eigenvalue weighted by atomic mass is 10.1. The van der Waals surface area contributed by atoms with Crippen LogP contribution in [0, 0.1) is 5.82 Å². The summed E-state index contributed by atoms with van der Waals surface area (Å²) >= 11 is 0. The van der Waals surface area contributed by atoms with Crippen molar-refractivity contribution in [2.45, 2.75) is 6.61 Å². The van der Waals surface area contributed by atoms with Crippen molar-refractivity contribution in [3.05, 3.63) is 71.7 Å². The van der Waals surface area contributed by atoms with Crippen molar-refractivity contribution in [3.8, 4) is 17.0 Å². The van der Waals surface area contributed by atoms with Gasteiger partial charge in [-0.25, -0.2) is 9.18 Å². The van der Waals surface area contributed by atoms with Crippen LogP contribution in [-0.2, 0) is 11.3 Å². The average Bonchev–Trinajstić information content (AvgIpc) is 3.11. The number of ether oxygens (including phenoxy) is 2. The van der Waals surface area contributed by atoms with E-state index in [2.05, 4.69) is 10.2 Å². The minimum absolute atomic E-state index is 0.0422. The fourth-order valence-electron chi connectivity index (χ4n) is 2.21. The summed E-state index contributed by atoms with van der Waals surface area (Å²) in [5.74, 6) is -0.911. The number of hydrogen-bond donors (Lipinski definition) is 1. The Morgan fingerprint density at radius 2 is 1.96 bits per heavy atom. The van der Waals surface area contributed by atoms with Crippen LogP contribution in [0.3, 0.4) is 0 Å². The van der Waals surface area contributed by atoms with E-state index in [1.807, 2.05) is 30.3 Å². The van der Waals surface area contributed by atoms with Gasteiger partial charge < -0.3 is 9.47 Å². The molecule has 0 radical (unpaired) electrons. The summed E-state index contributed by atoms with van der Waals surface area (Å²) in [5, 5.41) is 6.75. The predicted octanol–water partition coefficient (Wildman–Crippen LogP) is 3.58. The number of aromatic nitrogens is 2. The standard InChI is InChI=1S/C18H15FN2O3/c1-23-17-8-7-12(9-14(17)19)11-24-18(22)16-10-15(20-21-16)13-5-3-2-4-6-13/h2-10H,11H2,1H3,(H,20,21). The number of H-pyrrole nitrogens is 1. The molecule has 0 atom stereocenters. The van der Waals surface area contributed by atoms with Crippen LogP contribution in [0.2, 0.25) is 0 Å². The zero-order chi connectivity index (χ0) is 16.9. The Kier molecular flexibility index (Phi) is 4.56. The Labute approximate surface area is 138 Å². The molecule has 6 heteroatoms. The summed E-state index contributed by atoms with van der Waals surface area (Å²) in [6, 6.07) is 15.5. The molecular weight excluding hydrogens is 311 g/mol. The molecule has 0 fully saturated rings. The molecule has 0 saturated carbocycles. The van der Waals surface area contributed by atoms with E-state index >= 15 is 0 Å². The number of methoxy groups -OCH3 is 1. The molecule has 1 heterocycles. The number of halogens is 1. The van der Waals surface area contributed by atoms with Crippen molar-refractivity contribution in [2.24, 2.45) is 0 Å². The normalized spacial score (nSPS) is 10.4. The molecule has 1 N–H and O–H groups in total. The third kappa shape index (κ3) is 3.43. The zero-order valence-corrected chi connectivity index (χ0v) is 13.0. The van der Waals surface area contributed by atoms with Gasteiger partial charge in [-0.2, -0.15) is 5.10 Å². The van der Waals surface area contributed by atoms with Crippen molar-refractivity contribution >= 4 is 5.97 Å². The first-order valence-corrected chi connectivity index (χ1v) is 7.28. The van der Waals surface area contributed by atoms with E-state index in [0.29, 0.717) is 11.3 Å². The van der Waals surface area contributed by atoms with Crippen LogP contribution in [0.5, 0.6) is 5.75 Å². The number of nitrogens with one attached hydrogen (secondary N) is 1. The molecule has 0 amide bonds. The molecule has 24 heavy (non-hydrogen) atoms. The van der Waals surface area contributed by atoms with E-state index in [4.69, 9.17) is 9.47 Å². The zero-order valence-electron chi connectivity index (χ0n) is 13.0. The van der Waals surface area contributed by atoms with Crippen molar-refractivity contribution in [1.29, 1.82) is 0 Å². The third-order valence-corrected chi connectivity index (χ3v) is 3.45. The van der Waals surface area contributed by atoms with Crippen LogP contribution in [0.4, 0.5) is 4.39 Å². The third-order valence-electron chi connectivity index (χ3n) is 3.45. The lowest BCUT2D eigenvalue weighted by molar-refractivity contribution is 0.0465. The molecule has 5 nitrogen and oxygen atoms in total. The van der Waals surface area contributed by atoms with Gasteiger partial charge in [0.15, 0.2) is 11.6 Å². The van der Waals surface area contributed by atoms with Crippen molar-refractivity contribution in [3.63, 3.8) is 0 Å². The maximum Gasteiger partial charge on any atom is 0.356 e. The number of nitrogens with zero attached hydrogens (tertiary/aromatic N) is 1. The van der Waals surface area contributed by atoms with Gasteiger partial charge in [-0.1, -0.05) is 36.4 Å².